The highest BCUT2D eigenvalue weighted by Gasteiger charge is 2.25. The van der Waals surface area contributed by atoms with E-state index in [4.69, 9.17) is 21.4 Å². The van der Waals surface area contributed by atoms with Gasteiger partial charge in [0.15, 0.2) is 5.11 Å². The number of rotatable bonds is 8. The summed E-state index contributed by atoms with van der Waals surface area (Å²) in [6, 6.07) is 6.38. The van der Waals surface area contributed by atoms with Gasteiger partial charge < -0.3 is 19.8 Å². The van der Waals surface area contributed by atoms with E-state index in [1.165, 1.54) is 25.4 Å². The predicted molar refractivity (Wildman–Crippen MR) is 113 cm³/mol. The normalized spacial score (nSPS) is 11.6. The Morgan fingerprint density at radius 1 is 1.28 bits per heavy atom. The third-order valence-electron chi connectivity index (χ3n) is 4.11. The summed E-state index contributed by atoms with van der Waals surface area (Å²) in [6.07, 6.45) is 3.10. The molecule has 0 aliphatic heterocycles. The lowest BCUT2D eigenvalue weighted by Gasteiger charge is -2.25. The number of nitrogens with one attached hydrogen (secondary N) is 3. The van der Waals surface area contributed by atoms with Crippen LogP contribution < -0.4 is 20.1 Å². The minimum absolute atomic E-state index is 0.00726. The van der Waals surface area contributed by atoms with Crippen molar-refractivity contribution in [1.29, 1.82) is 0 Å². The first kappa shape index (κ1) is 22.7. The summed E-state index contributed by atoms with van der Waals surface area (Å²) in [5.74, 6) is -0.0794. The lowest BCUT2D eigenvalue weighted by atomic mass is 9.97. The highest BCUT2D eigenvalue weighted by Crippen LogP contribution is 2.26. The van der Waals surface area contributed by atoms with Crippen LogP contribution in [0, 0.1) is 0 Å². The third kappa shape index (κ3) is 5.94. The number of thiocarbonyl (C=S) groups is 1. The summed E-state index contributed by atoms with van der Waals surface area (Å²) in [4.78, 5) is 12.5. The molecule has 1 amide bonds. The summed E-state index contributed by atoms with van der Waals surface area (Å²) >= 11 is 4.90. The molecular formula is C19H25N3O5S2. The second-order valence-electron chi connectivity index (χ2n) is 6.76. The van der Waals surface area contributed by atoms with E-state index in [1.54, 1.807) is 25.3 Å². The monoisotopic (exact) mass is 439 g/mol. The molecule has 158 valence electrons. The summed E-state index contributed by atoms with van der Waals surface area (Å²) in [7, 11) is -2.47. The maximum absolute atomic E-state index is 12.7. The largest absolute Gasteiger partial charge is 0.492 e. The van der Waals surface area contributed by atoms with E-state index in [-0.39, 0.29) is 34.7 Å². The third-order valence-corrected chi connectivity index (χ3v) is 5.92. The van der Waals surface area contributed by atoms with E-state index in [9.17, 15) is 13.2 Å². The van der Waals surface area contributed by atoms with Crippen molar-refractivity contribution in [3.63, 3.8) is 0 Å². The predicted octanol–water partition coefficient (Wildman–Crippen LogP) is 2.05. The number of benzene rings is 1. The summed E-state index contributed by atoms with van der Waals surface area (Å²) < 4.78 is 38.2. The molecule has 10 heteroatoms. The van der Waals surface area contributed by atoms with Crippen LogP contribution in [0.4, 0.5) is 0 Å². The molecule has 1 aromatic heterocycles. The molecule has 0 aliphatic rings. The lowest BCUT2D eigenvalue weighted by Crippen LogP contribution is -2.41. The standard InChI is InChI=1S/C19H25N3O5S2/c1-5-27-15-7-6-13(10-16(15)29(24,25)22-18(28)20-4)11-17(23)21-19(2,3)14-8-9-26-12-14/h6-10,12H,5,11H2,1-4H3,(H,21,23)(H2,20,22,28). The molecular weight excluding hydrogens is 414 g/mol. The fraction of sp³-hybridized carbons (Fsp3) is 0.368. The van der Waals surface area contributed by atoms with Crippen LogP contribution in [0.1, 0.15) is 31.9 Å². The van der Waals surface area contributed by atoms with Gasteiger partial charge in [0.25, 0.3) is 10.0 Å². The number of furan rings is 1. The Bertz CT molecular complexity index is 970. The van der Waals surface area contributed by atoms with Crippen molar-refractivity contribution >= 4 is 33.3 Å². The molecule has 3 N–H and O–H groups in total. The van der Waals surface area contributed by atoms with Crippen molar-refractivity contribution in [3.8, 4) is 5.75 Å². The second-order valence-corrected chi connectivity index (χ2v) is 8.82. The van der Waals surface area contributed by atoms with Crippen molar-refractivity contribution in [3.05, 3.63) is 47.9 Å². The number of ether oxygens (including phenoxy) is 1. The van der Waals surface area contributed by atoms with Crippen molar-refractivity contribution in [2.75, 3.05) is 13.7 Å². The van der Waals surface area contributed by atoms with Crippen LogP contribution >= 0.6 is 12.2 Å². The molecule has 0 radical (unpaired) electrons. The molecule has 0 saturated carbocycles. The number of hydrogen-bond donors (Lipinski definition) is 3. The van der Waals surface area contributed by atoms with E-state index >= 15 is 0 Å². The van der Waals surface area contributed by atoms with Gasteiger partial charge in [-0.3, -0.25) is 9.52 Å². The fourth-order valence-corrected chi connectivity index (χ4v) is 4.13. The van der Waals surface area contributed by atoms with Gasteiger partial charge in [-0.25, -0.2) is 8.42 Å². The van der Waals surface area contributed by atoms with Gasteiger partial charge in [0, 0.05) is 12.6 Å². The van der Waals surface area contributed by atoms with Gasteiger partial charge >= 0.3 is 0 Å². The Labute approximate surface area is 176 Å². The molecule has 8 nitrogen and oxygen atoms in total. The van der Waals surface area contributed by atoms with Gasteiger partial charge in [-0.15, -0.1) is 0 Å². The van der Waals surface area contributed by atoms with E-state index < -0.39 is 15.6 Å². The summed E-state index contributed by atoms with van der Waals surface area (Å²) in [6.45, 7) is 5.75. The molecule has 0 spiro atoms. The average molecular weight is 440 g/mol. The van der Waals surface area contributed by atoms with Crippen LogP contribution in [0.2, 0.25) is 0 Å². The molecule has 1 aromatic carbocycles. The van der Waals surface area contributed by atoms with Crippen molar-refractivity contribution in [1.82, 2.24) is 15.4 Å². The zero-order valence-corrected chi connectivity index (χ0v) is 18.4. The first-order valence-electron chi connectivity index (χ1n) is 8.93. The first-order chi connectivity index (χ1) is 13.6. The molecule has 0 saturated heterocycles. The van der Waals surface area contributed by atoms with Gasteiger partial charge in [0.05, 0.1) is 31.1 Å². The smallest absolute Gasteiger partial charge is 0.267 e. The van der Waals surface area contributed by atoms with Crippen LogP contribution in [0.25, 0.3) is 0 Å². The Hall–Kier alpha value is -2.59. The van der Waals surface area contributed by atoms with E-state index in [2.05, 4.69) is 15.4 Å². The molecule has 2 aromatic rings. The van der Waals surface area contributed by atoms with Gasteiger partial charge in [-0.2, -0.15) is 0 Å². The Kier molecular flexibility index (Phi) is 7.26. The topological polar surface area (TPSA) is 110 Å². The highest BCUT2D eigenvalue weighted by atomic mass is 32.2. The van der Waals surface area contributed by atoms with Crippen LogP contribution in [0.5, 0.6) is 5.75 Å². The molecule has 2 rings (SSSR count). The molecule has 29 heavy (non-hydrogen) atoms. The van der Waals surface area contributed by atoms with Gasteiger partial charge in [0.1, 0.15) is 10.6 Å². The van der Waals surface area contributed by atoms with Crippen LogP contribution in [0.3, 0.4) is 0 Å². The zero-order valence-electron chi connectivity index (χ0n) is 16.7. The number of carbonyl (C=O) groups is 1. The minimum Gasteiger partial charge on any atom is -0.492 e. The Balaban J connectivity index is 2.25. The molecule has 0 atom stereocenters. The Morgan fingerprint density at radius 3 is 2.59 bits per heavy atom. The number of sulfonamides is 1. The van der Waals surface area contributed by atoms with Gasteiger partial charge in [-0.05, 0) is 56.8 Å². The minimum atomic E-state index is -3.98. The molecule has 0 bridgehead atoms. The van der Waals surface area contributed by atoms with Gasteiger partial charge in [-0.1, -0.05) is 6.07 Å². The Morgan fingerprint density at radius 2 is 2.00 bits per heavy atom. The number of carbonyl (C=O) groups excluding carboxylic acids is 1. The van der Waals surface area contributed by atoms with Crippen molar-refractivity contribution in [2.24, 2.45) is 0 Å². The van der Waals surface area contributed by atoms with Crippen molar-refractivity contribution < 1.29 is 22.4 Å². The van der Waals surface area contributed by atoms with Gasteiger partial charge in [0.2, 0.25) is 5.91 Å². The highest BCUT2D eigenvalue weighted by molar-refractivity contribution is 7.92. The van der Waals surface area contributed by atoms with E-state index in [0.717, 1.165) is 5.56 Å². The van der Waals surface area contributed by atoms with Crippen molar-refractivity contribution in [2.45, 2.75) is 37.6 Å². The van der Waals surface area contributed by atoms with E-state index in [1.807, 2.05) is 13.8 Å². The maximum atomic E-state index is 12.7. The molecule has 0 unspecified atom stereocenters. The average Bonchev–Trinajstić information content (AvgIpc) is 3.18. The van der Waals surface area contributed by atoms with Crippen LogP contribution in [0.15, 0.2) is 46.1 Å². The molecule has 0 fully saturated rings. The first-order valence-corrected chi connectivity index (χ1v) is 10.8. The van der Waals surface area contributed by atoms with E-state index in [0.29, 0.717) is 5.56 Å². The maximum Gasteiger partial charge on any atom is 0.267 e. The lowest BCUT2D eigenvalue weighted by molar-refractivity contribution is -0.122. The molecule has 1 heterocycles. The SMILES string of the molecule is CCOc1ccc(CC(=O)NC(C)(C)c2ccoc2)cc1S(=O)(=O)NC(=S)NC. The fourth-order valence-electron chi connectivity index (χ4n) is 2.65. The van der Waals surface area contributed by atoms with Crippen LogP contribution in [-0.4, -0.2) is 33.1 Å². The zero-order chi connectivity index (χ0) is 21.7. The quantitative estimate of drug-likeness (QED) is 0.540. The number of hydrogen-bond acceptors (Lipinski definition) is 6. The molecule has 0 aliphatic carbocycles. The number of amides is 1. The van der Waals surface area contributed by atoms with Crippen LogP contribution in [-0.2, 0) is 26.8 Å². The summed E-state index contributed by atoms with van der Waals surface area (Å²) in [5.41, 5.74) is 0.709. The second kappa shape index (κ2) is 9.27. The summed E-state index contributed by atoms with van der Waals surface area (Å²) in [5, 5.41) is 5.43.